The van der Waals surface area contributed by atoms with Crippen LogP contribution in [0.1, 0.15) is 16.6 Å². The van der Waals surface area contributed by atoms with Crippen molar-refractivity contribution in [2.24, 2.45) is 0 Å². The molecule has 0 unspecified atom stereocenters. The number of carbonyl (C=O) groups excluding carboxylic acids is 1. The van der Waals surface area contributed by atoms with E-state index in [-0.39, 0.29) is 5.97 Å². The van der Waals surface area contributed by atoms with Crippen LogP contribution in [0.15, 0.2) is 16.3 Å². The molecule has 0 amide bonds. The minimum Gasteiger partial charge on any atom is -0.459 e. The lowest BCUT2D eigenvalue weighted by atomic mass is 10.5. The number of thiol groups is 1. The Labute approximate surface area is 92.4 Å². The molecule has 3 nitrogen and oxygen atoms in total. The number of hydrogen-bond acceptors (Lipinski definition) is 5. The summed E-state index contributed by atoms with van der Waals surface area (Å²) in [6.45, 7) is 3.28. The van der Waals surface area contributed by atoms with E-state index in [1.807, 2.05) is 6.92 Å². The molecule has 0 N–H and O–H groups in total. The normalized spacial score (nSPS) is 10.1. The van der Waals surface area contributed by atoms with E-state index < -0.39 is 0 Å². The highest BCUT2D eigenvalue weighted by Gasteiger charge is 2.08. The van der Waals surface area contributed by atoms with Gasteiger partial charge < -0.3 is 9.47 Å². The zero-order valence-electron chi connectivity index (χ0n) is 7.86. The molecule has 14 heavy (non-hydrogen) atoms. The highest BCUT2D eigenvalue weighted by Crippen LogP contribution is 2.18. The van der Waals surface area contributed by atoms with Gasteiger partial charge in [0.25, 0.3) is 0 Å². The molecule has 78 valence electrons. The highest BCUT2D eigenvalue weighted by molar-refractivity contribution is 7.80. The van der Waals surface area contributed by atoms with E-state index in [9.17, 15) is 4.79 Å². The minimum absolute atomic E-state index is 0.298. The van der Waals surface area contributed by atoms with E-state index in [0.717, 1.165) is 4.90 Å². The highest BCUT2D eigenvalue weighted by atomic mass is 32.1. The lowest BCUT2D eigenvalue weighted by molar-refractivity contribution is 0.0340. The average molecular weight is 232 g/mol. The van der Waals surface area contributed by atoms with Crippen molar-refractivity contribution >= 4 is 29.9 Å². The van der Waals surface area contributed by atoms with Crippen LogP contribution in [0.5, 0.6) is 0 Å². The fourth-order valence-electron chi connectivity index (χ4n) is 0.842. The van der Waals surface area contributed by atoms with Gasteiger partial charge in [-0.1, -0.05) is 0 Å². The molecular weight excluding hydrogens is 220 g/mol. The maximum atomic E-state index is 11.3. The Morgan fingerprint density at radius 2 is 2.36 bits per heavy atom. The van der Waals surface area contributed by atoms with Gasteiger partial charge in [-0.2, -0.15) is 0 Å². The van der Waals surface area contributed by atoms with Gasteiger partial charge in [-0.25, -0.2) is 4.79 Å². The van der Waals surface area contributed by atoms with Crippen LogP contribution in [0.2, 0.25) is 0 Å². The Morgan fingerprint density at radius 3 is 2.93 bits per heavy atom. The second-order valence-corrected chi connectivity index (χ2v) is 3.93. The number of ether oxygens (including phenoxy) is 2. The maximum Gasteiger partial charge on any atom is 0.348 e. The smallest absolute Gasteiger partial charge is 0.348 e. The van der Waals surface area contributed by atoms with Gasteiger partial charge in [0.2, 0.25) is 0 Å². The third-order valence-electron chi connectivity index (χ3n) is 1.45. The fraction of sp³-hybridized carbons (Fsp3) is 0.444. The molecule has 0 saturated carbocycles. The molecule has 1 heterocycles. The molecular formula is C9H12O3S2. The first-order valence-corrected chi connectivity index (χ1v) is 5.59. The van der Waals surface area contributed by atoms with Crippen LogP contribution in [-0.4, -0.2) is 25.8 Å². The van der Waals surface area contributed by atoms with Crippen LogP contribution in [0.3, 0.4) is 0 Å². The predicted molar refractivity (Wildman–Crippen MR) is 58.3 cm³/mol. The molecule has 0 saturated heterocycles. The molecule has 0 radical (unpaired) electrons. The molecule has 0 aliphatic heterocycles. The van der Waals surface area contributed by atoms with Gasteiger partial charge in [0.15, 0.2) is 0 Å². The Balaban J connectivity index is 2.29. The lowest BCUT2D eigenvalue weighted by Gasteiger charge is -2.02. The fourth-order valence-corrected chi connectivity index (χ4v) is 1.88. The van der Waals surface area contributed by atoms with E-state index in [4.69, 9.17) is 9.47 Å². The number of esters is 1. The van der Waals surface area contributed by atoms with E-state index in [0.29, 0.717) is 24.7 Å². The summed E-state index contributed by atoms with van der Waals surface area (Å²) < 4.78 is 9.99. The van der Waals surface area contributed by atoms with Gasteiger partial charge in [0.05, 0.1) is 6.61 Å². The van der Waals surface area contributed by atoms with Crippen molar-refractivity contribution in [1.29, 1.82) is 0 Å². The SMILES string of the molecule is CCOCCOC(=O)c1cc(S)cs1. The molecule has 0 aliphatic rings. The third-order valence-corrected chi connectivity index (χ3v) is 2.79. The molecule has 5 heteroatoms. The average Bonchev–Trinajstić information content (AvgIpc) is 2.59. The molecule has 0 aromatic carbocycles. The molecule has 0 bridgehead atoms. The number of carbonyl (C=O) groups is 1. The quantitative estimate of drug-likeness (QED) is 0.480. The molecule has 0 fully saturated rings. The van der Waals surface area contributed by atoms with Crippen LogP contribution < -0.4 is 0 Å². The number of hydrogen-bond donors (Lipinski definition) is 1. The zero-order chi connectivity index (χ0) is 10.4. The summed E-state index contributed by atoms with van der Waals surface area (Å²) in [7, 11) is 0. The van der Waals surface area contributed by atoms with Gasteiger partial charge in [0, 0.05) is 16.9 Å². The van der Waals surface area contributed by atoms with E-state index in [2.05, 4.69) is 12.6 Å². The first kappa shape index (κ1) is 11.6. The van der Waals surface area contributed by atoms with Crippen LogP contribution in [-0.2, 0) is 9.47 Å². The molecule has 1 rings (SSSR count). The topological polar surface area (TPSA) is 35.5 Å². The zero-order valence-corrected chi connectivity index (χ0v) is 9.57. The molecule has 1 aromatic rings. The summed E-state index contributed by atoms with van der Waals surface area (Å²) in [6, 6.07) is 1.69. The van der Waals surface area contributed by atoms with Crippen molar-refractivity contribution < 1.29 is 14.3 Å². The number of thiophene rings is 1. The first-order valence-electron chi connectivity index (χ1n) is 4.26. The van der Waals surface area contributed by atoms with Gasteiger partial charge in [-0.05, 0) is 13.0 Å². The Hall–Kier alpha value is -0.520. The predicted octanol–water partition coefficient (Wildman–Crippen LogP) is 2.23. The van der Waals surface area contributed by atoms with Crippen LogP contribution in [0, 0.1) is 0 Å². The second-order valence-electron chi connectivity index (χ2n) is 2.50. The standard InChI is InChI=1S/C9H12O3S2/c1-2-11-3-4-12-9(10)8-5-7(13)6-14-8/h5-6,13H,2-4H2,1H3. The number of rotatable bonds is 5. The van der Waals surface area contributed by atoms with Crippen molar-refractivity contribution in [1.82, 2.24) is 0 Å². The van der Waals surface area contributed by atoms with E-state index in [1.165, 1.54) is 11.3 Å². The summed E-state index contributed by atoms with van der Waals surface area (Å²) in [5, 5.41) is 1.79. The van der Waals surface area contributed by atoms with Gasteiger partial charge >= 0.3 is 5.97 Å². The summed E-state index contributed by atoms with van der Waals surface area (Å²) >= 11 is 5.43. The van der Waals surface area contributed by atoms with Crippen molar-refractivity contribution in [2.45, 2.75) is 11.8 Å². The van der Waals surface area contributed by atoms with Crippen molar-refractivity contribution in [3.8, 4) is 0 Å². The lowest BCUT2D eigenvalue weighted by Crippen LogP contribution is -2.09. The largest absolute Gasteiger partial charge is 0.459 e. The van der Waals surface area contributed by atoms with Crippen molar-refractivity contribution in [3.05, 3.63) is 16.3 Å². The van der Waals surface area contributed by atoms with Gasteiger partial charge in [0.1, 0.15) is 11.5 Å². The van der Waals surface area contributed by atoms with Crippen molar-refractivity contribution in [3.63, 3.8) is 0 Å². The van der Waals surface area contributed by atoms with Crippen LogP contribution >= 0.6 is 24.0 Å². The van der Waals surface area contributed by atoms with E-state index in [1.54, 1.807) is 11.4 Å². The van der Waals surface area contributed by atoms with Crippen molar-refractivity contribution in [2.75, 3.05) is 19.8 Å². The summed E-state index contributed by atoms with van der Waals surface area (Å²) in [5.41, 5.74) is 0. The van der Waals surface area contributed by atoms with E-state index >= 15 is 0 Å². The molecule has 0 spiro atoms. The second kappa shape index (κ2) is 6.06. The summed E-state index contributed by atoms with van der Waals surface area (Å²) in [6.07, 6.45) is 0. The first-order chi connectivity index (χ1) is 6.74. The Bertz CT molecular complexity index is 296. The van der Waals surface area contributed by atoms with Crippen LogP contribution in [0.4, 0.5) is 0 Å². The van der Waals surface area contributed by atoms with Gasteiger partial charge in [-0.15, -0.1) is 24.0 Å². The Morgan fingerprint density at radius 1 is 1.57 bits per heavy atom. The third kappa shape index (κ3) is 3.69. The van der Waals surface area contributed by atoms with Gasteiger partial charge in [-0.3, -0.25) is 0 Å². The monoisotopic (exact) mass is 232 g/mol. The summed E-state index contributed by atoms with van der Waals surface area (Å²) in [4.78, 5) is 12.7. The maximum absolute atomic E-state index is 11.3. The summed E-state index contributed by atoms with van der Waals surface area (Å²) in [5.74, 6) is -0.310. The molecule has 1 aromatic heterocycles. The molecule has 0 atom stereocenters. The Kier molecular flexibility index (Phi) is 5.00. The van der Waals surface area contributed by atoms with Crippen LogP contribution in [0.25, 0.3) is 0 Å². The molecule has 0 aliphatic carbocycles. The minimum atomic E-state index is -0.310.